The van der Waals surface area contributed by atoms with E-state index in [1.54, 1.807) is 0 Å². The van der Waals surface area contributed by atoms with Crippen LogP contribution in [0.1, 0.15) is 26.2 Å². The third-order valence-electron chi connectivity index (χ3n) is 2.91. The van der Waals surface area contributed by atoms with Gasteiger partial charge in [-0.05, 0) is 19.8 Å². The van der Waals surface area contributed by atoms with Crippen LogP contribution in [0.4, 0.5) is 0 Å². The van der Waals surface area contributed by atoms with Gasteiger partial charge < -0.3 is 19.3 Å². The molecule has 1 atom stereocenters. The summed E-state index contributed by atoms with van der Waals surface area (Å²) in [5, 5.41) is 8.56. The maximum Gasteiger partial charge on any atom is 0.316 e. The molecule has 0 heterocycles. The summed E-state index contributed by atoms with van der Waals surface area (Å²) >= 11 is 0. The summed E-state index contributed by atoms with van der Waals surface area (Å²) in [6, 6.07) is 0. The highest BCUT2D eigenvalue weighted by atomic mass is 16.7. The van der Waals surface area contributed by atoms with Gasteiger partial charge in [0.2, 0.25) is 11.6 Å². The SMILES string of the molecule is COC(=O)C(CCCC(=O)O)C(=O)C(C)(OC)OC. The van der Waals surface area contributed by atoms with Crippen molar-refractivity contribution >= 4 is 17.7 Å². The number of carboxylic acids is 1. The number of carbonyl (C=O) groups excluding carboxylic acids is 2. The molecule has 1 unspecified atom stereocenters. The van der Waals surface area contributed by atoms with Crippen molar-refractivity contribution in [3.8, 4) is 0 Å². The Morgan fingerprint density at radius 1 is 1.16 bits per heavy atom. The fourth-order valence-corrected chi connectivity index (χ4v) is 1.56. The van der Waals surface area contributed by atoms with Gasteiger partial charge in [0.05, 0.1) is 7.11 Å². The van der Waals surface area contributed by atoms with Gasteiger partial charge in [-0.15, -0.1) is 0 Å². The van der Waals surface area contributed by atoms with Gasteiger partial charge in [0.1, 0.15) is 5.92 Å². The Bertz CT molecular complexity index is 333. The van der Waals surface area contributed by atoms with E-state index in [2.05, 4.69) is 4.74 Å². The number of carbonyl (C=O) groups is 3. The van der Waals surface area contributed by atoms with Crippen molar-refractivity contribution in [1.29, 1.82) is 0 Å². The lowest BCUT2D eigenvalue weighted by atomic mass is 9.92. The van der Waals surface area contributed by atoms with Gasteiger partial charge in [0.15, 0.2) is 0 Å². The number of rotatable bonds is 9. The van der Waals surface area contributed by atoms with E-state index in [1.807, 2.05) is 0 Å². The van der Waals surface area contributed by atoms with Crippen LogP contribution in [0.3, 0.4) is 0 Å². The van der Waals surface area contributed by atoms with Crippen molar-refractivity contribution in [2.24, 2.45) is 5.92 Å². The van der Waals surface area contributed by atoms with Crippen LogP contribution in [-0.2, 0) is 28.6 Å². The van der Waals surface area contributed by atoms with Crippen LogP contribution in [0.5, 0.6) is 0 Å². The first-order valence-corrected chi connectivity index (χ1v) is 5.76. The molecule has 0 radical (unpaired) electrons. The van der Waals surface area contributed by atoms with Gasteiger partial charge in [-0.25, -0.2) is 0 Å². The van der Waals surface area contributed by atoms with Gasteiger partial charge in [-0.3, -0.25) is 14.4 Å². The number of hydrogen-bond acceptors (Lipinski definition) is 6. The zero-order valence-corrected chi connectivity index (χ0v) is 11.6. The molecular weight excluding hydrogens is 256 g/mol. The maximum atomic E-state index is 12.2. The predicted molar refractivity (Wildman–Crippen MR) is 64.4 cm³/mol. The first kappa shape index (κ1) is 17.5. The van der Waals surface area contributed by atoms with Crippen molar-refractivity contribution < 1.29 is 33.7 Å². The Labute approximate surface area is 111 Å². The molecule has 0 aromatic rings. The molecule has 0 fully saturated rings. The molecule has 7 heteroatoms. The minimum atomic E-state index is -1.55. The molecule has 0 amide bonds. The van der Waals surface area contributed by atoms with E-state index in [-0.39, 0.29) is 19.3 Å². The van der Waals surface area contributed by atoms with E-state index >= 15 is 0 Å². The molecule has 0 aromatic carbocycles. The molecule has 110 valence electrons. The summed E-state index contributed by atoms with van der Waals surface area (Å²) < 4.78 is 14.5. The van der Waals surface area contributed by atoms with E-state index in [1.165, 1.54) is 21.1 Å². The van der Waals surface area contributed by atoms with E-state index in [0.29, 0.717) is 0 Å². The number of Topliss-reactive ketones (excluding diaryl/α,β-unsaturated/α-hetero) is 1. The average Bonchev–Trinajstić information content (AvgIpc) is 2.40. The van der Waals surface area contributed by atoms with Crippen molar-refractivity contribution in [1.82, 2.24) is 0 Å². The normalized spacial score (nSPS) is 12.8. The lowest BCUT2D eigenvalue weighted by Crippen LogP contribution is -2.46. The molecular formula is C12H20O7. The molecule has 0 aliphatic heterocycles. The van der Waals surface area contributed by atoms with Crippen LogP contribution in [0.25, 0.3) is 0 Å². The molecule has 7 nitrogen and oxygen atoms in total. The Morgan fingerprint density at radius 3 is 2.05 bits per heavy atom. The summed E-state index contributed by atoms with van der Waals surface area (Å²) in [6.07, 6.45) is 0.127. The highest BCUT2D eigenvalue weighted by Gasteiger charge is 2.42. The average molecular weight is 276 g/mol. The summed E-state index contributed by atoms with van der Waals surface area (Å²) in [5.74, 6) is -4.96. The maximum absolute atomic E-state index is 12.2. The van der Waals surface area contributed by atoms with E-state index in [4.69, 9.17) is 14.6 Å². The van der Waals surface area contributed by atoms with Crippen LogP contribution in [0, 0.1) is 5.92 Å². The molecule has 0 spiro atoms. The van der Waals surface area contributed by atoms with Crippen molar-refractivity contribution in [2.45, 2.75) is 32.0 Å². The highest BCUT2D eigenvalue weighted by Crippen LogP contribution is 2.22. The van der Waals surface area contributed by atoms with Gasteiger partial charge in [0, 0.05) is 20.6 Å². The molecule has 0 bridgehead atoms. The van der Waals surface area contributed by atoms with Gasteiger partial charge in [0.25, 0.3) is 0 Å². The molecule has 0 saturated heterocycles. The predicted octanol–water partition coefficient (Wildman–Crippen LogP) is 0.609. The quantitative estimate of drug-likeness (QED) is 0.374. The largest absolute Gasteiger partial charge is 0.481 e. The van der Waals surface area contributed by atoms with Crippen LogP contribution in [-0.4, -0.2) is 49.9 Å². The lowest BCUT2D eigenvalue weighted by Gasteiger charge is -2.27. The van der Waals surface area contributed by atoms with E-state index in [0.717, 1.165) is 7.11 Å². The van der Waals surface area contributed by atoms with Crippen LogP contribution in [0.2, 0.25) is 0 Å². The van der Waals surface area contributed by atoms with Crippen molar-refractivity contribution in [2.75, 3.05) is 21.3 Å². The first-order chi connectivity index (χ1) is 8.82. The second kappa shape index (κ2) is 7.85. The minimum Gasteiger partial charge on any atom is -0.481 e. The fourth-order valence-electron chi connectivity index (χ4n) is 1.56. The third-order valence-corrected chi connectivity index (χ3v) is 2.91. The Kier molecular flexibility index (Phi) is 7.25. The van der Waals surface area contributed by atoms with Crippen LogP contribution >= 0.6 is 0 Å². The summed E-state index contributed by atoms with van der Waals surface area (Å²) in [6.45, 7) is 1.39. The molecule has 0 aliphatic rings. The Morgan fingerprint density at radius 2 is 1.68 bits per heavy atom. The minimum absolute atomic E-state index is 0.0696. The molecule has 19 heavy (non-hydrogen) atoms. The fraction of sp³-hybridized carbons (Fsp3) is 0.750. The van der Waals surface area contributed by atoms with E-state index < -0.39 is 29.4 Å². The Balaban J connectivity index is 4.89. The number of ketones is 1. The molecule has 0 saturated carbocycles. The van der Waals surface area contributed by atoms with Gasteiger partial charge in [-0.2, -0.15) is 0 Å². The smallest absolute Gasteiger partial charge is 0.316 e. The zero-order chi connectivity index (χ0) is 15.1. The number of methoxy groups -OCH3 is 3. The second-order valence-corrected chi connectivity index (χ2v) is 4.08. The standard InChI is InChI=1S/C12H20O7/c1-12(18-3,19-4)10(15)8(11(16)17-2)6-5-7-9(13)14/h8H,5-7H2,1-4H3,(H,13,14). The molecule has 1 N–H and O–H groups in total. The molecule has 0 rings (SSSR count). The third kappa shape index (κ3) is 4.96. The van der Waals surface area contributed by atoms with E-state index in [9.17, 15) is 14.4 Å². The molecule has 0 aromatic heterocycles. The topological polar surface area (TPSA) is 99.1 Å². The second-order valence-electron chi connectivity index (χ2n) is 4.08. The highest BCUT2D eigenvalue weighted by molar-refractivity contribution is 6.02. The lowest BCUT2D eigenvalue weighted by molar-refractivity contribution is -0.204. The summed E-state index contributed by atoms with van der Waals surface area (Å²) in [5.41, 5.74) is 0. The molecule has 0 aliphatic carbocycles. The number of esters is 1. The van der Waals surface area contributed by atoms with Crippen molar-refractivity contribution in [3.63, 3.8) is 0 Å². The number of ether oxygens (including phenoxy) is 3. The van der Waals surface area contributed by atoms with Crippen LogP contribution in [0.15, 0.2) is 0 Å². The van der Waals surface area contributed by atoms with Crippen LogP contribution < -0.4 is 0 Å². The zero-order valence-electron chi connectivity index (χ0n) is 11.6. The number of aliphatic carboxylic acids is 1. The monoisotopic (exact) mass is 276 g/mol. The Hall–Kier alpha value is -1.47. The van der Waals surface area contributed by atoms with Gasteiger partial charge >= 0.3 is 11.9 Å². The summed E-state index contributed by atoms with van der Waals surface area (Å²) in [4.78, 5) is 34.3. The first-order valence-electron chi connectivity index (χ1n) is 5.76. The summed E-state index contributed by atoms with van der Waals surface area (Å²) in [7, 11) is 3.73. The number of carboxylic acid groups (broad SMARTS) is 1. The van der Waals surface area contributed by atoms with Crippen molar-refractivity contribution in [3.05, 3.63) is 0 Å². The van der Waals surface area contributed by atoms with Gasteiger partial charge in [-0.1, -0.05) is 0 Å². The number of hydrogen-bond donors (Lipinski definition) is 1.